The summed E-state index contributed by atoms with van der Waals surface area (Å²) < 4.78 is 48.7. The highest BCUT2D eigenvalue weighted by Crippen LogP contribution is 2.43. The monoisotopic (exact) mass is 880 g/mol. The quantitative estimate of drug-likeness (QED) is 0.0584. The molecule has 0 amide bonds. The van der Waals surface area contributed by atoms with Gasteiger partial charge in [-0.3, -0.25) is 13.0 Å². The molecule has 0 aliphatic heterocycles. The van der Waals surface area contributed by atoms with Gasteiger partial charge in [0.2, 0.25) is 0 Å². The predicted octanol–water partition coefficient (Wildman–Crippen LogP) is 7.30. The van der Waals surface area contributed by atoms with Crippen molar-refractivity contribution >= 4 is 59.9 Å². The van der Waals surface area contributed by atoms with Crippen molar-refractivity contribution in [1.29, 1.82) is 0 Å². The van der Waals surface area contributed by atoms with Crippen LogP contribution < -0.4 is 0 Å². The third-order valence-electron chi connectivity index (χ3n) is 12.1. The summed E-state index contributed by atoms with van der Waals surface area (Å²) in [5.41, 5.74) is 5.08. The Bertz CT molecular complexity index is 2510. The Morgan fingerprint density at radius 1 is 0.700 bits per heavy atom. The van der Waals surface area contributed by atoms with Crippen LogP contribution in [-0.4, -0.2) is 110 Å². The van der Waals surface area contributed by atoms with Crippen LogP contribution in [0.5, 0.6) is 0 Å². The van der Waals surface area contributed by atoms with Crippen LogP contribution in [0.1, 0.15) is 75.9 Å². The molecule has 2 aliphatic carbocycles. The van der Waals surface area contributed by atoms with Crippen molar-refractivity contribution in [2.24, 2.45) is 11.8 Å². The molecular weight excluding hydrogens is 817 g/mol. The van der Waals surface area contributed by atoms with Crippen molar-refractivity contribution in [1.82, 2.24) is 48.3 Å². The van der Waals surface area contributed by atoms with E-state index in [-0.39, 0.29) is 30.0 Å². The van der Waals surface area contributed by atoms with Crippen molar-refractivity contribution in [3.05, 3.63) is 48.6 Å². The average Bonchev–Trinajstić information content (AvgIpc) is 4.02. The minimum atomic E-state index is -3.49. The maximum atomic E-state index is 11.7. The van der Waals surface area contributed by atoms with Crippen LogP contribution in [0.2, 0.25) is 51.4 Å². The second-order valence-electron chi connectivity index (χ2n) is 19.3. The number of hydrogen-bond donors (Lipinski definition) is 1. The van der Waals surface area contributed by atoms with E-state index in [0.29, 0.717) is 37.9 Å². The van der Waals surface area contributed by atoms with E-state index in [1.807, 2.05) is 27.6 Å². The van der Waals surface area contributed by atoms with Gasteiger partial charge in [-0.25, -0.2) is 9.97 Å². The summed E-state index contributed by atoms with van der Waals surface area (Å²) in [7, 11) is -5.72. The zero-order valence-electron chi connectivity index (χ0n) is 36.8. The molecule has 19 heteroatoms. The van der Waals surface area contributed by atoms with Crippen molar-refractivity contribution in [2.75, 3.05) is 19.5 Å². The second kappa shape index (κ2) is 18.0. The van der Waals surface area contributed by atoms with Crippen LogP contribution in [0.15, 0.2) is 36.9 Å². The number of aromatic nitrogens is 10. The normalized spacial score (nSPS) is 22.8. The topological polar surface area (TPSA) is 178 Å². The first-order valence-electron chi connectivity index (χ1n) is 21.5. The van der Waals surface area contributed by atoms with Crippen LogP contribution in [0.25, 0.3) is 33.6 Å². The first-order valence-corrected chi connectivity index (χ1v) is 30.8. The molecule has 0 radical (unpaired) electrons. The molecule has 0 aromatic carbocycles. The van der Waals surface area contributed by atoms with Gasteiger partial charge >= 0.3 is 0 Å². The van der Waals surface area contributed by atoms with E-state index in [1.165, 1.54) is 0 Å². The Morgan fingerprint density at radius 3 is 1.62 bits per heavy atom. The van der Waals surface area contributed by atoms with Crippen LogP contribution in [0.4, 0.5) is 0 Å². The molecule has 0 saturated heterocycles. The number of aliphatic hydroxyl groups excluding tert-OH is 1. The smallest absolute Gasteiger partial charge is 0.264 e. The minimum Gasteiger partial charge on any atom is -0.393 e. The summed E-state index contributed by atoms with van der Waals surface area (Å²) >= 11 is 0. The molecule has 60 heavy (non-hydrogen) atoms. The second-order valence-corrected chi connectivity index (χ2v) is 32.1. The minimum absolute atomic E-state index is 0.0729. The van der Waals surface area contributed by atoms with Gasteiger partial charge in [0.05, 0.1) is 41.9 Å². The molecule has 328 valence electrons. The van der Waals surface area contributed by atoms with Crippen LogP contribution >= 0.6 is 0 Å². The van der Waals surface area contributed by atoms with Gasteiger partial charge in [-0.2, -0.15) is 8.42 Å². The third-order valence-corrected chi connectivity index (χ3v) is 16.2. The van der Waals surface area contributed by atoms with E-state index in [1.54, 1.807) is 12.4 Å². The summed E-state index contributed by atoms with van der Waals surface area (Å²) in [6.45, 7) is 20.9. The first kappa shape index (κ1) is 44.5. The fourth-order valence-corrected chi connectivity index (χ4v) is 11.0. The molecule has 16 nitrogen and oxygen atoms in total. The Balaban J connectivity index is 0.000000183. The zero-order valence-corrected chi connectivity index (χ0v) is 39.6. The van der Waals surface area contributed by atoms with E-state index >= 15 is 0 Å². The van der Waals surface area contributed by atoms with Gasteiger partial charge in [0.1, 0.15) is 25.1 Å². The maximum absolute atomic E-state index is 11.7. The average molecular weight is 881 g/mol. The van der Waals surface area contributed by atoms with Crippen molar-refractivity contribution in [2.45, 2.75) is 141 Å². The number of fused-ring (bicyclic) bond motifs is 6. The molecule has 8 rings (SSSR count). The lowest BCUT2D eigenvalue weighted by Gasteiger charge is -2.16. The third kappa shape index (κ3) is 10.2. The Morgan fingerprint density at radius 2 is 1.17 bits per heavy atom. The SMILES string of the molecule is CCC1CC(O)CC1c1nnc2cnc3c(ccn3COCC[Si](C)(C)C)n12.CCC1CC(OS(C)(=O)=O)CC1c1nnc2cnc3c(ccn3COCC[Si](C)(C)C)n12. The van der Waals surface area contributed by atoms with Gasteiger partial charge in [0, 0.05) is 53.6 Å². The number of aliphatic hydroxyl groups is 1. The summed E-state index contributed by atoms with van der Waals surface area (Å²) in [5.74, 6) is 2.82. The molecule has 6 atom stereocenters. The number of nitrogens with zero attached hydrogens (tertiary/aromatic N) is 10. The predicted molar refractivity (Wildman–Crippen MR) is 238 cm³/mol. The van der Waals surface area contributed by atoms with Crippen LogP contribution in [0.3, 0.4) is 0 Å². The number of hydrogen-bond acceptors (Lipinski definition) is 12. The highest BCUT2D eigenvalue weighted by atomic mass is 32.2. The highest BCUT2D eigenvalue weighted by molar-refractivity contribution is 7.86. The molecule has 6 unspecified atom stereocenters. The molecule has 6 aromatic heterocycles. The van der Waals surface area contributed by atoms with Gasteiger partial charge in [-0.1, -0.05) is 66.0 Å². The van der Waals surface area contributed by atoms with Crippen molar-refractivity contribution < 1.29 is 27.2 Å². The molecule has 1 N–H and O–H groups in total. The molecule has 2 saturated carbocycles. The van der Waals surface area contributed by atoms with E-state index in [0.717, 1.165) is 96.9 Å². The van der Waals surface area contributed by atoms with E-state index in [9.17, 15) is 13.5 Å². The number of ether oxygens (including phenoxy) is 2. The fraction of sp³-hybridized carbons (Fsp3) is 0.659. The van der Waals surface area contributed by atoms with E-state index < -0.39 is 26.3 Å². The summed E-state index contributed by atoms with van der Waals surface area (Å²) in [4.78, 5) is 9.21. The summed E-state index contributed by atoms with van der Waals surface area (Å²) in [6.07, 6.45) is 12.9. The summed E-state index contributed by atoms with van der Waals surface area (Å²) in [6, 6.07) is 6.36. The first-order chi connectivity index (χ1) is 28.4. The van der Waals surface area contributed by atoms with Gasteiger partial charge in [0.15, 0.2) is 22.6 Å². The van der Waals surface area contributed by atoms with Gasteiger partial charge in [-0.15, -0.1) is 20.4 Å². The lowest BCUT2D eigenvalue weighted by molar-refractivity contribution is 0.0898. The standard InChI is InChI=1S/C21H33N5O4SSi.C20H31N5O2Si/c1-6-15-11-16(30-31(2,27)28)12-17(15)20-24-23-19-13-22-21-18(26(19)20)7-8-25(21)14-29-9-10-32(3,4)5;1-5-14-10-15(26)11-16(14)19-23-22-18-12-21-20-17(25(18)19)6-7-24(20)13-27-8-9-28(2,3)4/h7-8,13,15-17H,6,9-12,14H2,1-5H3;6-7,12,14-16,26H,5,8-11,13H2,1-4H3. The van der Waals surface area contributed by atoms with Crippen LogP contribution in [-0.2, 0) is 37.2 Å². The fourth-order valence-electron chi connectivity index (χ4n) is 8.85. The molecule has 0 bridgehead atoms. The zero-order chi connectivity index (χ0) is 43.0. The van der Waals surface area contributed by atoms with Gasteiger partial charge in [0.25, 0.3) is 10.1 Å². The van der Waals surface area contributed by atoms with E-state index in [4.69, 9.17) is 13.7 Å². The lowest BCUT2D eigenvalue weighted by atomic mass is 9.93. The largest absolute Gasteiger partial charge is 0.393 e. The van der Waals surface area contributed by atoms with Crippen molar-refractivity contribution in [3.63, 3.8) is 0 Å². The van der Waals surface area contributed by atoms with Gasteiger partial charge in [-0.05, 0) is 61.7 Å². The molecule has 6 heterocycles. The molecule has 2 fully saturated rings. The molecular formula is C41H64N10O6SSi2. The maximum Gasteiger partial charge on any atom is 0.264 e. The number of rotatable bonds is 16. The van der Waals surface area contributed by atoms with Crippen molar-refractivity contribution in [3.8, 4) is 0 Å². The summed E-state index contributed by atoms with van der Waals surface area (Å²) in [5, 5.41) is 27.9. The Kier molecular flexibility index (Phi) is 13.3. The Hall–Kier alpha value is -3.60. The highest BCUT2D eigenvalue weighted by Gasteiger charge is 2.40. The lowest BCUT2D eigenvalue weighted by Crippen LogP contribution is -2.22. The van der Waals surface area contributed by atoms with E-state index in [2.05, 4.69) is 98.4 Å². The molecule has 0 spiro atoms. The van der Waals surface area contributed by atoms with Gasteiger partial charge < -0.3 is 23.7 Å². The molecule has 6 aromatic rings. The van der Waals surface area contributed by atoms with Crippen LogP contribution in [0, 0.1) is 11.8 Å². The molecule has 2 aliphatic rings. The Labute approximate surface area is 355 Å².